The standard InChI is InChI=1S/C17H21N4O/c1-2-6-15(5-1)21-17(13-7-10-22-11-8-13)19-16(20-21)14-4-3-9-18-12-14/h4,9,12-13,15H,1-2,5-8,10-11H2. The van der Waals surface area contributed by atoms with Gasteiger partial charge in [0.1, 0.15) is 5.82 Å². The molecular weight excluding hydrogens is 276 g/mol. The Morgan fingerprint density at radius 3 is 2.68 bits per heavy atom. The van der Waals surface area contributed by atoms with Crippen LogP contribution >= 0.6 is 0 Å². The van der Waals surface area contributed by atoms with E-state index in [9.17, 15) is 0 Å². The van der Waals surface area contributed by atoms with E-state index in [4.69, 9.17) is 14.8 Å². The van der Waals surface area contributed by atoms with Crippen molar-refractivity contribution in [1.29, 1.82) is 0 Å². The average Bonchev–Trinajstić information content (AvgIpc) is 3.26. The lowest BCUT2D eigenvalue weighted by Gasteiger charge is -2.23. The van der Waals surface area contributed by atoms with Crippen LogP contribution in [0.15, 0.2) is 18.5 Å². The molecule has 0 atom stereocenters. The molecule has 1 aliphatic heterocycles. The van der Waals surface area contributed by atoms with Gasteiger partial charge in [-0.25, -0.2) is 9.67 Å². The molecule has 0 bridgehead atoms. The monoisotopic (exact) mass is 297 g/mol. The van der Waals surface area contributed by atoms with Gasteiger partial charge in [-0.1, -0.05) is 12.8 Å². The average molecular weight is 297 g/mol. The van der Waals surface area contributed by atoms with E-state index < -0.39 is 0 Å². The molecule has 3 heterocycles. The Labute approximate surface area is 130 Å². The summed E-state index contributed by atoms with van der Waals surface area (Å²) < 4.78 is 7.72. The Morgan fingerprint density at radius 2 is 1.95 bits per heavy atom. The Balaban J connectivity index is 1.72. The molecule has 5 heteroatoms. The lowest BCUT2D eigenvalue weighted by molar-refractivity contribution is 0.0821. The Morgan fingerprint density at radius 1 is 1.14 bits per heavy atom. The zero-order chi connectivity index (χ0) is 14.8. The minimum atomic E-state index is 0.469. The first-order chi connectivity index (χ1) is 10.9. The molecule has 0 N–H and O–H groups in total. The summed E-state index contributed by atoms with van der Waals surface area (Å²) in [5.74, 6) is 2.41. The molecule has 1 saturated heterocycles. The largest absolute Gasteiger partial charge is 0.381 e. The van der Waals surface area contributed by atoms with Crippen molar-refractivity contribution in [1.82, 2.24) is 19.7 Å². The van der Waals surface area contributed by atoms with Crippen molar-refractivity contribution in [3.63, 3.8) is 0 Å². The molecule has 1 radical (unpaired) electrons. The van der Waals surface area contributed by atoms with Gasteiger partial charge in [-0.3, -0.25) is 4.98 Å². The summed E-state index contributed by atoms with van der Waals surface area (Å²) in [5.41, 5.74) is 0.951. The maximum atomic E-state index is 5.51. The van der Waals surface area contributed by atoms with Crippen LogP contribution < -0.4 is 0 Å². The van der Waals surface area contributed by atoms with Crippen LogP contribution in [0.3, 0.4) is 0 Å². The molecule has 0 spiro atoms. The van der Waals surface area contributed by atoms with Crippen LogP contribution in [0.1, 0.15) is 56.3 Å². The first kappa shape index (κ1) is 13.9. The van der Waals surface area contributed by atoms with E-state index >= 15 is 0 Å². The van der Waals surface area contributed by atoms with E-state index in [0.717, 1.165) is 43.3 Å². The summed E-state index contributed by atoms with van der Waals surface area (Å²) in [5, 5.41) is 4.84. The molecule has 5 nitrogen and oxygen atoms in total. The molecule has 0 amide bonds. The van der Waals surface area contributed by atoms with Crippen molar-refractivity contribution in [2.24, 2.45) is 0 Å². The smallest absolute Gasteiger partial charge is 0.182 e. The number of pyridine rings is 1. The summed E-state index contributed by atoms with van der Waals surface area (Å²) in [4.78, 5) is 9.03. The second-order valence-corrected chi connectivity index (χ2v) is 6.24. The van der Waals surface area contributed by atoms with E-state index in [2.05, 4.69) is 15.7 Å². The highest BCUT2D eigenvalue weighted by atomic mass is 16.5. The van der Waals surface area contributed by atoms with E-state index in [1.165, 1.54) is 25.7 Å². The predicted molar refractivity (Wildman–Crippen MR) is 82.4 cm³/mol. The summed E-state index contributed by atoms with van der Waals surface area (Å²) in [6.45, 7) is 1.66. The second-order valence-electron chi connectivity index (χ2n) is 6.24. The molecule has 2 aromatic heterocycles. The van der Waals surface area contributed by atoms with Crippen LogP contribution in [0, 0.1) is 6.07 Å². The van der Waals surface area contributed by atoms with Crippen LogP contribution in [-0.2, 0) is 4.74 Å². The van der Waals surface area contributed by atoms with Crippen molar-refractivity contribution in [2.45, 2.75) is 50.5 Å². The molecule has 2 fully saturated rings. The minimum absolute atomic E-state index is 0.469. The van der Waals surface area contributed by atoms with Crippen molar-refractivity contribution >= 4 is 0 Å². The van der Waals surface area contributed by atoms with Gasteiger partial charge in [0.2, 0.25) is 0 Å². The van der Waals surface area contributed by atoms with Gasteiger partial charge in [-0.05, 0) is 31.7 Å². The first-order valence-electron chi connectivity index (χ1n) is 8.27. The number of rotatable bonds is 3. The second kappa shape index (κ2) is 6.16. The molecule has 2 aliphatic rings. The van der Waals surface area contributed by atoms with Gasteiger partial charge in [0, 0.05) is 43.2 Å². The summed E-state index contributed by atoms with van der Waals surface area (Å²) >= 11 is 0. The van der Waals surface area contributed by atoms with Crippen molar-refractivity contribution in [3.05, 3.63) is 30.4 Å². The third kappa shape index (κ3) is 2.65. The third-order valence-corrected chi connectivity index (χ3v) is 4.77. The Bertz CT molecular complexity index is 613. The fourth-order valence-electron chi connectivity index (χ4n) is 3.56. The number of aromatic nitrogens is 4. The zero-order valence-electron chi connectivity index (χ0n) is 12.7. The fourth-order valence-corrected chi connectivity index (χ4v) is 3.56. The minimum Gasteiger partial charge on any atom is -0.381 e. The highest BCUT2D eigenvalue weighted by Gasteiger charge is 2.28. The highest BCUT2D eigenvalue weighted by Crippen LogP contribution is 2.35. The van der Waals surface area contributed by atoms with Gasteiger partial charge in [0.25, 0.3) is 0 Å². The van der Waals surface area contributed by atoms with Crippen molar-refractivity contribution in [3.8, 4) is 11.4 Å². The van der Waals surface area contributed by atoms with Crippen LogP contribution in [0.25, 0.3) is 11.4 Å². The third-order valence-electron chi connectivity index (χ3n) is 4.77. The molecule has 115 valence electrons. The summed E-state index contributed by atoms with van der Waals surface area (Å²) in [6.07, 6.45) is 10.6. The van der Waals surface area contributed by atoms with E-state index in [1.54, 1.807) is 6.20 Å². The topological polar surface area (TPSA) is 52.8 Å². The van der Waals surface area contributed by atoms with E-state index in [0.29, 0.717) is 12.0 Å². The van der Waals surface area contributed by atoms with Crippen LogP contribution in [0.2, 0.25) is 0 Å². The van der Waals surface area contributed by atoms with Crippen molar-refractivity contribution in [2.75, 3.05) is 13.2 Å². The highest BCUT2D eigenvalue weighted by molar-refractivity contribution is 5.52. The summed E-state index contributed by atoms with van der Waals surface area (Å²) in [7, 11) is 0. The number of hydrogen-bond acceptors (Lipinski definition) is 4. The molecule has 2 aromatic rings. The van der Waals surface area contributed by atoms with Gasteiger partial charge in [-0.15, -0.1) is 0 Å². The normalized spacial score (nSPS) is 20.5. The van der Waals surface area contributed by atoms with Gasteiger partial charge in [0.15, 0.2) is 5.82 Å². The van der Waals surface area contributed by atoms with Crippen molar-refractivity contribution < 1.29 is 4.74 Å². The van der Waals surface area contributed by atoms with Gasteiger partial charge in [-0.2, -0.15) is 5.10 Å². The summed E-state index contributed by atoms with van der Waals surface area (Å²) in [6, 6.07) is 5.44. The molecular formula is C17H21N4O. The van der Waals surface area contributed by atoms with E-state index in [-0.39, 0.29) is 0 Å². The molecule has 0 aromatic carbocycles. The quantitative estimate of drug-likeness (QED) is 0.873. The van der Waals surface area contributed by atoms with E-state index in [1.807, 2.05) is 12.3 Å². The molecule has 22 heavy (non-hydrogen) atoms. The molecule has 1 aliphatic carbocycles. The Hall–Kier alpha value is -1.75. The molecule has 0 unspecified atom stereocenters. The van der Waals surface area contributed by atoms with Crippen LogP contribution in [0.4, 0.5) is 0 Å². The lowest BCUT2D eigenvalue weighted by atomic mass is 9.99. The number of hydrogen-bond donors (Lipinski definition) is 0. The SMILES string of the molecule is [c]1cncc(-c2nc(C3CCOCC3)n(C3CCCC3)n2)c1. The maximum Gasteiger partial charge on any atom is 0.182 e. The predicted octanol–water partition coefficient (Wildman–Crippen LogP) is 3.15. The number of nitrogens with zero attached hydrogens (tertiary/aromatic N) is 4. The lowest BCUT2D eigenvalue weighted by Crippen LogP contribution is -2.20. The Kier molecular flexibility index (Phi) is 3.89. The molecule has 4 rings (SSSR count). The first-order valence-corrected chi connectivity index (χ1v) is 8.27. The van der Waals surface area contributed by atoms with Gasteiger partial charge in [0.05, 0.1) is 6.04 Å². The van der Waals surface area contributed by atoms with Crippen LogP contribution in [-0.4, -0.2) is 33.0 Å². The van der Waals surface area contributed by atoms with Gasteiger partial charge < -0.3 is 4.74 Å². The number of ether oxygens (including phenoxy) is 1. The van der Waals surface area contributed by atoms with Gasteiger partial charge >= 0.3 is 0 Å². The maximum absolute atomic E-state index is 5.51. The zero-order valence-corrected chi connectivity index (χ0v) is 12.7. The molecule has 1 saturated carbocycles. The fraction of sp³-hybridized carbons (Fsp3) is 0.588. The van der Waals surface area contributed by atoms with Crippen LogP contribution in [0.5, 0.6) is 0 Å².